The van der Waals surface area contributed by atoms with Gasteiger partial charge in [0.15, 0.2) is 11.6 Å². The number of hydrogen-bond donors (Lipinski definition) is 0. The Labute approximate surface area is 180 Å². The molecule has 7 heteroatoms. The Morgan fingerprint density at radius 3 is 2.87 bits per heavy atom. The van der Waals surface area contributed by atoms with Crippen LogP contribution in [-0.2, 0) is 6.54 Å². The van der Waals surface area contributed by atoms with E-state index >= 15 is 0 Å². The number of hydrogen-bond acceptors (Lipinski definition) is 5. The number of aryl methyl sites for hydroxylation is 1. The third kappa shape index (κ3) is 5.22. The number of nitrogens with zero attached hydrogens (tertiary/aromatic N) is 2. The quantitative estimate of drug-likeness (QED) is 0.516. The molecular weight excluding hydrogens is 402 g/mol. The summed E-state index contributed by atoms with van der Waals surface area (Å²) in [6.07, 6.45) is 2.14. The first kappa shape index (κ1) is 21.3. The molecule has 2 heterocycles. The molecule has 3 aromatic rings. The number of ether oxygens (including phenoxy) is 2. The van der Waals surface area contributed by atoms with Gasteiger partial charge < -0.3 is 13.9 Å². The second-order valence-corrected chi connectivity index (χ2v) is 7.88. The van der Waals surface area contributed by atoms with Gasteiger partial charge in [0.05, 0.1) is 19.4 Å². The number of aromatic nitrogens is 1. The van der Waals surface area contributed by atoms with E-state index < -0.39 is 5.82 Å². The summed E-state index contributed by atoms with van der Waals surface area (Å²) < 4.78 is 43.7. The molecule has 0 aliphatic carbocycles. The molecule has 0 unspecified atom stereocenters. The van der Waals surface area contributed by atoms with Crippen molar-refractivity contribution in [2.45, 2.75) is 26.3 Å². The van der Waals surface area contributed by atoms with Crippen LogP contribution in [0.1, 0.15) is 24.3 Å². The van der Waals surface area contributed by atoms with Crippen LogP contribution in [0.5, 0.6) is 11.5 Å². The Bertz CT molecular complexity index is 1040. The fourth-order valence-electron chi connectivity index (χ4n) is 3.90. The van der Waals surface area contributed by atoms with Crippen molar-refractivity contribution in [3.8, 4) is 23.0 Å². The van der Waals surface area contributed by atoms with E-state index in [1.165, 1.54) is 25.3 Å². The first-order valence-corrected chi connectivity index (χ1v) is 10.4. The van der Waals surface area contributed by atoms with Gasteiger partial charge in [0, 0.05) is 30.6 Å². The standard InChI is InChI=1S/C24H26F2N2O3/c1-16-22(27-24(31-16)18-8-9-21(26)23(11-18)29-2)14-28-10-4-5-17(13-28)15-30-20-7-3-6-19(25)12-20/h3,6-9,11-12,17H,4-5,10,13-15H2,1-2H3/t17-/m1/s1. The van der Waals surface area contributed by atoms with Crippen molar-refractivity contribution in [2.75, 3.05) is 26.8 Å². The Balaban J connectivity index is 1.38. The van der Waals surface area contributed by atoms with Crippen molar-refractivity contribution < 1.29 is 22.7 Å². The summed E-state index contributed by atoms with van der Waals surface area (Å²) in [6, 6.07) is 10.8. The first-order chi connectivity index (χ1) is 15.0. The van der Waals surface area contributed by atoms with Crippen molar-refractivity contribution in [2.24, 2.45) is 5.92 Å². The molecule has 1 aliphatic rings. The molecule has 1 aliphatic heterocycles. The summed E-state index contributed by atoms with van der Waals surface area (Å²) in [5.74, 6) is 1.57. The van der Waals surface area contributed by atoms with Crippen molar-refractivity contribution in [1.29, 1.82) is 0 Å². The highest BCUT2D eigenvalue weighted by Crippen LogP contribution is 2.28. The van der Waals surface area contributed by atoms with Crippen molar-refractivity contribution >= 4 is 0 Å². The second kappa shape index (κ2) is 9.47. The van der Waals surface area contributed by atoms with Crippen LogP contribution in [0, 0.1) is 24.5 Å². The lowest BCUT2D eigenvalue weighted by Crippen LogP contribution is -2.37. The van der Waals surface area contributed by atoms with Gasteiger partial charge in [0.25, 0.3) is 0 Å². The maximum absolute atomic E-state index is 13.7. The van der Waals surface area contributed by atoms with Gasteiger partial charge >= 0.3 is 0 Å². The molecule has 1 atom stereocenters. The van der Waals surface area contributed by atoms with E-state index in [9.17, 15) is 8.78 Å². The maximum atomic E-state index is 13.7. The number of likely N-dealkylation sites (tertiary alicyclic amines) is 1. The fraction of sp³-hybridized carbons (Fsp3) is 0.375. The lowest BCUT2D eigenvalue weighted by molar-refractivity contribution is 0.123. The normalized spacial score (nSPS) is 17.0. The van der Waals surface area contributed by atoms with Crippen molar-refractivity contribution in [3.63, 3.8) is 0 Å². The zero-order valence-electron chi connectivity index (χ0n) is 17.7. The Kier molecular flexibility index (Phi) is 6.51. The molecule has 4 rings (SSSR count). The van der Waals surface area contributed by atoms with Gasteiger partial charge in [-0.15, -0.1) is 0 Å². The molecule has 0 bridgehead atoms. The molecule has 1 saturated heterocycles. The average Bonchev–Trinajstić information content (AvgIpc) is 3.13. The summed E-state index contributed by atoms with van der Waals surface area (Å²) in [6.45, 7) is 4.97. The summed E-state index contributed by atoms with van der Waals surface area (Å²) in [4.78, 5) is 6.98. The summed E-state index contributed by atoms with van der Waals surface area (Å²) in [7, 11) is 1.43. The van der Waals surface area contributed by atoms with Gasteiger partial charge in [-0.1, -0.05) is 6.07 Å². The third-order valence-electron chi connectivity index (χ3n) is 5.55. The van der Waals surface area contributed by atoms with Gasteiger partial charge in [0.2, 0.25) is 5.89 Å². The molecule has 31 heavy (non-hydrogen) atoms. The first-order valence-electron chi connectivity index (χ1n) is 10.4. The van der Waals surface area contributed by atoms with Crippen LogP contribution in [-0.4, -0.2) is 36.7 Å². The van der Waals surface area contributed by atoms with Gasteiger partial charge in [0.1, 0.15) is 17.3 Å². The molecule has 164 valence electrons. The highest BCUT2D eigenvalue weighted by atomic mass is 19.1. The topological polar surface area (TPSA) is 47.7 Å². The minimum atomic E-state index is -0.422. The number of benzene rings is 2. The SMILES string of the molecule is COc1cc(-c2nc(CN3CCC[C@@H](COc4cccc(F)c4)C3)c(C)o2)ccc1F. The molecule has 0 amide bonds. The predicted molar refractivity (Wildman–Crippen MR) is 113 cm³/mol. The molecule has 1 aromatic heterocycles. The predicted octanol–water partition coefficient (Wildman–Crippen LogP) is 5.23. The number of halogens is 2. The van der Waals surface area contributed by atoms with Crippen LogP contribution in [0.4, 0.5) is 8.78 Å². The van der Waals surface area contributed by atoms with E-state index in [1.54, 1.807) is 24.3 Å². The van der Waals surface area contributed by atoms with Crippen LogP contribution in [0.25, 0.3) is 11.5 Å². The maximum Gasteiger partial charge on any atom is 0.226 e. The van der Waals surface area contributed by atoms with E-state index in [0.717, 1.165) is 37.4 Å². The second-order valence-electron chi connectivity index (χ2n) is 7.88. The molecule has 0 saturated carbocycles. The van der Waals surface area contributed by atoms with E-state index in [1.807, 2.05) is 6.92 Å². The third-order valence-corrected chi connectivity index (χ3v) is 5.55. The molecule has 0 N–H and O–H groups in total. The van der Waals surface area contributed by atoms with Crippen molar-refractivity contribution in [3.05, 3.63) is 65.6 Å². The molecule has 5 nitrogen and oxygen atoms in total. The number of piperidine rings is 1. The van der Waals surface area contributed by atoms with Crippen LogP contribution in [0.3, 0.4) is 0 Å². The Morgan fingerprint density at radius 1 is 1.19 bits per heavy atom. The number of rotatable bonds is 7. The van der Waals surface area contributed by atoms with E-state index in [0.29, 0.717) is 36.3 Å². The molecular formula is C24H26F2N2O3. The van der Waals surface area contributed by atoms with Gasteiger partial charge in [-0.05, 0) is 56.6 Å². The van der Waals surface area contributed by atoms with Crippen LogP contribution >= 0.6 is 0 Å². The van der Waals surface area contributed by atoms with Crippen LogP contribution in [0.2, 0.25) is 0 Å². The summed E-state index contributed by atoms with van der Waals surface area (Å²) in [5.41, 5.74) is 1.54. The monoisotopic (exact) mass is 428 g/mol. The highest BCUT2D eigenvalue weighted by molar-refractivity contribution is 5.56. The minimum Gasteiger partial charge on any atom is -0.494 e. The van der Waals surface area contributed by atoms with E-state index in [4.69, 9.17) is 13.9 Å². The Morgan fingerprint density at radius 2 is 2.06 bits per heavy atom. The number of methoxy groups -OCH3 is 1. The zero-order valence-corrected chi connectivity index (χ0v) is 17.7. The molecule has 2 aromatic carbocycles. The smallest absolute Gasteiger partial charge is 0.226 e. The van der Waals surface area contributed by atoms with Crippen molar-refractivity contribution in [1.82, 2.24) is 9.88 Å². The molecule has 1 fully saturated rings. The fourth-order valence-corrected chi connectivity index (χ4v) is 3.90. The zero-order chi connectivity index (χ0) is 21.8. The Hall–Kier alpha value is -2.93. The summed E-state index contributed by atoms with van der Waals surface area (Å²) >= 11 is 0. The molecule has 0 radical (unpaired) electrons. The lowest BCUT2D eigenvalue weighted by Gasteiger charge is -2.32. The minimum absolute atomic E-state index is 0.159. The van der Waals surface area contributed by atoms with Gasteiger partial charge in [-0.25, -0.2) is 13.8 Å². The summed E-state index contributed by atoms with van der Waals surface area (Å²) in [5, 5.41) is 0. The lowest BCUT2D eigenvalue weighted by atomic mass is 9.99. The highest BCUT2D eigenvalue weighted by Gasteiger charge is 2.23. The van der Waals surface area contributed by atoms with Gasteiger partial charge in [-0.2, -0.15) is 0 Å². The largest absolute Gasteiger partial charge is 0.494 e. The molecule has 0 spiro atoms. The van der Waals surface area contributed by atoms with E-state index in [-0.39, 0.29) is 11.6 Å². The number of oxazole rings is 1. The van der Waals surface area contributed by atoms with Crippen LogP contribution in [0.15, 0.2) is 46.9 Å². The van der Waals surface area contributed by atoms with Crippen LogP contribution < -0.4 is 9.47 Å². The van der Waals surface area contributed by atoms with Gasteiger partial charge in [-0.3, -0.25) is 4.90 Å². The van der Waals surface area contributed by atoms with E-state index in [2.05, 4.69) is 9.88 Å². The average molecular weight is 428 g/mol.